The molecule has 0 spiro atoms. The summed E-state index contributed by atoms with van der Waals surface area (Å²) in [5, 5.41) is 5.33. The Hall–Kier alpha value is -2.07. The van der Waals surface area contributed by atoms with E-state index >= 15 is 0 Å². The number of benzene rings is 2. The van der Waals surface area contributed by atoms with Crippen molar-refractivity contribution in [2.75, 3.05) is 16.3 Å². The molecule has 3 aromatic rings. The second-order valence-corrected chi connectivity index (χ2v) is 10.5. The van der Waals surface area contributed by atoms with Crippen LogP contribution in [0.4, 0.5) is 11.4 Å². The number of carbonyl (C=O) groups is 1. The van der Waals surface area contributed by atoms with E-state index in [1.54, 1.807) is 36.0 Å². The first-order chi connectivity index (χ1) is 13.8. The predicted molar refractivity (Wildman–Crippen MR) is 120 cm³/mol. The molecule has 2 aromatic carbocycles. The van der Waals surface area contributed by atoms with E-state index in [4.69, 9.17) is 11.6 Å². The maximum atomic E-state index is 12.3. The number of hydrogen-bond acceptors (Lipinski definition) is 6. The van der Waals surface area contributed by atoms with E-state index in [0.717, 1.165) is 21.9 Å². The summed E-state index contributed by atoms with van der Waals surface area (Å²) >= 11 is 9.08. The number of halogens is 1. The Morgan fingerprint density at radius 1 is 1.17 bits per heavy atom. The molecule has 0 radical (unpaired) electrons. The van der Waals surface area contributed by atoms with E-state index in [1.807, 2.05) is 29.6 Å². The Morgan fingerprint density at radius 2 is 1.93 bits per heavy atom. The molecule has 0 atom stereocenters. The van der Waals surface area contributed by atoms with Crippen LogP contribution in [0.3, 0.4) is 0 Å². The van der Waals surface area contributed by atoms with Gasteiger partial charge in [0.1, 0.15) is 4.34 Å². The number of thiazole rings is 1. The van der Waals surface area contributed by atoms with Crippen LogP contribution in [0.15, 0.2) is 58.3 Å². The maximum absolute atomic E-state index is 12.3. The molecule has 0 saturated carbocycles. The van der Waals surface area contributed by atoms with Crippen LogP contribution in [0, 0.1) is 0 Å². The van der Waals surface area contributed by atoms with E-state index in [0.29, 0.717) is 22.1 Å². The Bertz CT molecular complexity index is 1120. The van der Waals surface area contributed by atoms with Gasteiger partial charge in [0.25, 0.3) is 0 Å². The molecule has 1 amide bonds. The first-order valence-electron chi connectivity index (χ1n) is 8.46. The monoisotopic (exact) mass is 467 g/mol. The number of thioether (sulfide) groups is 1. The van der Waals surface area contributed by atoms with Crippen molar-refractivity contribution >= 4 is 62.0 Å². The lowest BCUT2D eigenvalue weighted by Crippen LogP contribution is -2.15. The molecule has 6 nitrogen and oxygen atoms in total. The Kier molecular flexibility index (Phi) is 7.18. The highest BCUT2D eigenvalue weighted by Gasteiger charge is 2.10. The molecule has 0 unspecified atom stereocenters. The molecule has 152 valence electrons. The van der Waals surface area contributed by atoms with Gasteiger partial charge in [-0.25, -0.2) is 13.4 Å². The number of anilines is 2. The van der Waals surface area contributed by atoms with Crippen LogP contribution in [0.25, 0.3) is 0 Å². The Balaban J connectivity index is 1.54. The third-order valence-electron chi connectivity index (χ3n) is 3.57. The SMILES string of the molecule is CS(=O)(=O)Nc1cccc(NC(=O)Cc2csc(SCc3cccc(Cl)c3)n2)c1. The fourth-order valence-corrected chi connectivity index (χ4v) is 5.01. The average molecular weight is 468 g/mol. The van der Waals surface area contributed by atoms with Crippen molar-refractivity contribution in [2.24, 2.45) is 0 Å². The van der Waals surface area contributed by atoms with Crippen LogP contribution in [0.2, 0.25) is 5.02 Å². The van der Waals surface area contributed by atoms with Gasteiger partial charge in [-0.2, -0.15) is 0 Å². The molecule has 1 heterocycles. The van der Waals surface area contributed by atoms with E-state index in [9.17, 15) is 13.2 Å². The van der Waals surface area contributed by atoms with Gasteiger partial charge < -0.3 is 5.32 Å². The number of amides is 1. The van der Waals surface area contributed by atoms with Crippen molar-refractivity contribution in [3.63, 3.8) is 0 Å². The van der Waals surface area contributed by atoms with Crippen LogP contribution in [0.1, 0.15) is 11.3 Å². The van der Waals surface area contributed by atoms with Crippen molar-refractivity contribution in [3.05, 3.63) is 70.2 Å². The second-order valence-electron chi connectivity index (χ2n) is 6.20. The lowest BCUT2D eigenvalue weighted by molar-refractivity contribution is -0.115. The van der Waals surface area contributed by atoms with Gasteiger partial charge in [-0.15, -0.1) is 11.3 Å². The summed E-state index contributed by atoms with van der Waals surface area (Å²) in [7, 11) is -3.38. The fraction of sp³-hybridized carbons (Fsp3) is 0.158. The highest BCUT2D eigenvalue weighted by molar-refractivity contribution is 8.00. The van der Waals surface area contributed by atoms with Crippen molar-refractivity contribution in [1.82, 2.24) is 4.98 Å². The number of hydrogen-bond donors (Lipinski definition) is 2. The maximum Gasteiger partial charge on any atom is 0.230 e. The molecule has 0 aliphatic carbocycles. The van der Waals surface area contributed by atoms with Gasteiger partial charge in [-0.3, -0.25) is 9.52 Å². The van der Waals surface area contributed by atoms with Crippen LogP contribution in [0.5, 0.6) is 0 Å². The first-order valence-corrected chi connectivity index (χ1v) is 12.6. The van der Waals surface area contributed by atoms with Gasteiger partial charge in [0.2, 0.25) is 15.9 Å². The molecule has 0 aliphatic rings. The van der Waals surface area contributed by atoms with Crippen LogP contribution < -0.4 is 10.0 Å². The number of aromatic nitrogens is 1. The molecule has 10 heteroatoms. The van der Waals surface area contributed by atoms with Crippen LogP contribution in [-0.4, -0.2) is 25.6 Å². The predicted octanol–water partition coefficient (Wildman–Crippen LogP) is 4.64. The van der Waals surface area contributed by atoms with Crippen molar-refractivity contribution in [3.8, 4) is 0 Å². The third kappa shape index (κ3) is 7.36. The molecule has 0 aliphatic heterocycles. The summed E-state index contributed by atoms with van der Waals surface area (Å²) < 4.78 is 25.9. The van der Waals surface area contributed by atoms with Gasteiger partial charge in [0.15, 0.2) is 0 Å². The van der Waals surface area contributed by atoms with E-state index in [-0.39, 0.29) is 12.3 Å². The van der Waals surface area contributed by atoms with Crippen LogP contribution in [-0.2, 0) is 27.0 Å². The molecule has 0 fully saturated rings. The van der Waals surface area contributed by atoms with Gasteiger partial charge in [-0.05, 0) is 35.9 Å². The highest BCUT2D eigenvalue weighted by atomic mass is 35.5. The third-order valence-corrected chi connectivity index (χ3v) is 6.56. The summed E-state index contributed by atoms with van der Waals surface area (Å²) in [4.78, 5) is 16.8. The zero-order valence-corrected chi connectivity index (χ0v) is 18.6. The van der Waals surface area contributed by atoms with Crippen molar-refractivity contribution < 1.29 is 13.2 Å². The van der Waals surface area contributed by atoms with E-state index in [2.05, 4.69) is 15.0 Å². The largest absolute Gasteiger partial charge is 0.326 e. The Morgan fingerprint density at radius 3 is 2.69 bits per heavy atom. The number of nitrogens with one attached hydrogen (secondary N) is 2. The lowest BCUT2D eigenvalue weighted by Gasteiger charge is -2.08. The molecule has 2 N–H and O–H groups in total. The van der Waals surface area contributed by atoms with E-state index < -0.39 is 10.0 Å². The standard InChI is InChI=1S/C19H18ClN3O3S3/c1-29(25,26)23-16-7-3-6-15(9-16)21-18(24)10-17-12-28-19(22-17)27-11-13-4-2-5-14(20)8-13/h2-9,12,23H,10-11H2,1H3,(H,21,24). The minimum Gasteiger partial charge on any atom is -0.326 e. The summed E-state index contributed by atoms with van der Waals surface area (Å²) in [5.41, 5.74) is 2.69. The zero-order valence-electron chi connectivity index (χ0n) is 15.4. The summed E-state index contributed by atoms with van der Waals surface area (Å²) in [6, 6.07) is 14.2. The zero-order chi connectivity index (χ0) is 20.9. The van der Waals surface area contributed by atoms with Gasteiger partial charge >= 0.3 is 0 Å². The molecule has 1 aromatic heterocycles. The Labute approximate surface area is 182 Å². The quantitative estimate of drug-likeness (QED) is 0.471. The fourth-order valence-electron chi connectivity index (χ4n) is 2.45. The van der Waals surface area contributed by atoms with Crippen LogP contribution >= 0.6 is 34.7 Å². The smallest absolute Gasteiger partial charge is 0.230 e. The summed E-state index contributed by atoms with van der Waals surface area (Å²) in [6.07, 6.45) is 1.21. The first kappa shape index (κ1) is 21.6. The summed E-state index contributed by atoms with van der Waals surface area (Å²) in [6.45, 7) is 0. The second kappa shape index (κ2) is 9.62. The number of rotatable bonds is 8. The molecular weight excluding hydrogens is 450 g/mol. The van der Waals surface area contributed by atoms with Gasteiger partial charge in [0, 0.05) is 21.8 Å². The average Bonchev–Trinajstić information content (AvgIpc) is 3.06. The summed E-state index contributed by atoms with van der Waals surface area (Å²) in [5.74, 6) is 0.526. The van der Waals surface area contributed by atoms with E-state index in [1.165, 1.54) is 11.3 Å². The van der Waals surface area contributed by atoms with Crippen molar-refractivity contribution in [2.45, 2.75) is 16.5 Å². The van der Waals surface area contributed by atoms with Gasteiger partial charge in [-0.1, -0.05) is 41.6 Å². The topological polar surface area (TPSA) is 88.2 Å². The van der Waals surface area contributed by atoms with Gasteiger partial charge in [0.05, 0.1) is 24.1 Å². The molecule has 29 heavy (non-hydrogen) atoms. The highest BCUT2D eigenvalue weighted by Crippen LogP contribution is 2.27. The number of carbonyl (C=O) groups excluding carboxylic acids is 1. The molecule has 0 saturated heterocycles. The number of nitrogens with zero attached hydrogens (tertiary/aromatic N) is 1. The molecule has 3 rings (SSSR count). The molecule has 0 bridgehead atoms. The number of sulfonamides is 1. The minimum atomic E-state index is -3.38. The lowest BCUT2D eigenvalue weighted by atomic mass is 10.2. The minimum absolute atomic E-state index is 0.137. The van der Waals surface area contributed by atoms with Crippen molar-refractivity contribution in [1.29, 1.82) is 0 Å². The normalized spacial score (nSPS) is 11.2. The molecular formula is C19H18ClN3O3S3.